The lowest BCUT2D eigenvalue weighted by Crippen LogP contribution is -2.19. The quantitative estimate of drug-likeness (QED) is 0.417. The summed E-state index contributed by atoms with van der Waals surface area (Å²) in [5.41, 5.74) is 5.38. The van der Waals surface area contributed by atoms with Crippen molar-refractivity contribution in [3.8, 4) is 29.0 Å². The van der Waals surface area contributed by atoms with Gasteiger partial charge < -0.3 is 5.32 Å². The van der Waals surface area contributed by atoms with E-state index >= 15 is 0 Å². The molecule has 7 nitrogen and oxygen atoms in total. The molecule has 1 amide bonds. The minimum Gasteiger partial charge on any atom is -0.348 e. The standard InChI is InChI=1S/C24H18N6O/c1-3-24(31)27-13-18-6-4-17(5-7-18)8-9-21-10-19(20-14-28-29(2)16-20)11-23-26-15-22(12-25)30(21)23/h3-7,10-11,14-16H,1,13H2,2H3,(H,27,31). The number of pyridine rings is 1. The molecule has 0 spiro atoms. The van der Waals surface area contributed by atoms with Gasteiger partial charge in [0, 0.05) is 30.9 Å². The van der Waals surface area contributed by atoms with E-state index in [1.165, 1.54) is 6.08 Å². The predicted molar refractivity (Wildman–Crippen MR) is 117 cm³/mol. The van der Waals surface area contributed by atoms with Gasteiger partial charge in [0.1, 0.15) is 17.4 Å². The van der Waals surface area contributed by atoms with Crippen LogP contribution in [0.3, 0.4) is 0 Å². The van der Waals surface area contributed by atoms with Gasteiger partial charge >= 0.3 is 0 Å². The average molecular weight is 406 g/mol. The number of aryl methyl sites for hydroxylation is 1. The predicted octanol–water partition coefficient (Wildman–Crippen LogP) is 2.81. The molecule has 0 saturated carbocycles. The van der Waals surface area contributed by atoms with E-state index in [2.05, 4.69) is 39.9 Å². The van der Waals surface area contributed by atoms with Gasteiger partial charge in [0.25, 0.3) is 0 Å². The fraction of sp³-hybridized carbons (Fsp3) is 0.0833. The van der Waals surface area contributed by atoms with E-state index in [-0.39, 0.29) is 5.91 Å². The maximum absolute atomic E-state index is 11.3. The third kappa shape index (κ3) is 4.21. The third-order valence-corrected chi connectivity index (χ3v) is 4.70. The van der Waals surface area contributed by atoms with Crippen molar-refractivity contribution in [3.05, 3.63) is 90.2 Å². The smallest absolute Gasteiger partial charge is 0.243 e. The molecule has 4 aromatic rings. The summed E-state index contributed by atoms with van der Waals surface area (Å²) >= 11 is 0. The highest BCUT2D eigenvalue weighted by Crippen LogP contribution is 2.23. The second kappa shape index (κ2) is 8.40. The lowest BCUT2D eigenvalue weighted by Gasteiger charge is -2.04. The van der Waals surface area contributed by atoms with E-state index in [0.717, 1.165) is 22.3 Å². The van der Waals surface area contributed by atoms with Gasteiger partial charge in [-0.3, -0.25) is 13.9 Å². The molecule has 4 rings (SSSR count). The molecule has 3 heterocycles. The van der Waals surface area contributed by atoms with Crippen LogP contribution in [0, 0.1) is 23.2 Å². The first-order valence-electron chi connectivity index (χ1n) is 9.49. The molecule has 31 heavy (non-hydrogen) atoms. The zero-order valence-electron chi connectivity index (χ0n) is 16.8. The average Bonchev–Trinajstić information content (AvgIpc) is 3.42. The van der Waals surface area contributed by atoms with Crippen molar-refractivity contribution in [1.82, 2.24) is 24.5 Å². The summed E-state index contributed by atoms with van der Waals surface area (Å²) in [4.78, 5) is 15.6. The number of nitriles is 1. The summed E-state index contributed by atoms with van der Waals surface area (Å²) in [6, 6.07) is 13.6. The van der Waals surface area contributed by atoms with Crippen LogP contribution < -0.4 is 5.32 Å². The number of hydrogen-bond acceptors (Lipinski definition) is 4. The summed E-state index contributed by atoms with van der Waals surface area (Å²) in [5, 5.41) is 16.4. The number of rotatable bonds is 4. The first kappa shape index (κ1) is 19.7. The second-order valence-electron chi connectivity index (χ2n) is 6.85. The fourth-order valence-corrected chi connectivity index (χ4v) is 3.13. The van der Waals surface area contributed by atoms with E-state index in [9.17, 15) is 10.1 Å². The highest BCUT2D eigenvalue weighted by Gasteiger charge is 2.10. The van der Waals surface area contributed by atoms with Crippen LogP contribution in [0.5, 0.6) is 0 Å². The number of nitrogens with zero attached hydrogens (tertiary/aromatic N) is 5. The second-order valence-corrected chi connectivity index (χ2v) is 6.85. The topological polar surface area (TPSA) is 88.0 Å². The number of nitrogens with one attached hydrogen (secondary N) is 1. The molecule has 150 valence electrons. The maximum Gasteiger partial charge on any atom is 0.243 e. The summed E-state index contributed by atoms with van der Waals surface area (Å²) in [5.74, 6) is 6.11. The Morgan fingerprint density at radius 2 is 1.97 bits per heavy atom. The molecular formula is C24H18N6O. The first-order chi connectivity index (χ1) is 15.1. The normalized spacial score (nSPS) is 10.2. The Morgan fingerprint density at radius 1 is 1.16 bits per heavy atom. The SMILES string of the molecule is C=CC(=O)NCc1ccc(C#Cc2cc(-c3cnn(C)c3)cc3ncc(C#N)n23)cc1. The molecule has 0 bridgehead atoms. The van der Waals surface area contributed by atoms with Crippen molar-refractivity contribution in [2.45, 2.75) is 6.54 Å². The molecule has 0 fully saturated rings. The van der Waals surface area contributed by atoms with Gasteiger partial charge in [-0.15, -0.1) is 0 Å². The van der Waals surface area contributed by atoms with Gasteiger partial charge in [0.15, 0.2) is 0 Å². The van der Waals surface area contributed by atoms with Crippen LogP contribution in [-0.4, -0.2) is 25.1 Å². The van der Waals surface area contributed by atoms with Gasteiger partial charge in [-0.25, -0.2) is 4.98 Å². The van der Waals surface area contributed by atoms with Gasteiger partial charge in [-0.1, -0.05) is 24.6 Å². The number of benzene rings is 1. The summed E-state index contributed by atoms with van der Waals surface area (Å²) in [7, 11) is 1.86. The van der Waals surface area contributed by atoms with Gasteiger partial charge in [-0.05, 0) is 47.4 Å². The molecule has 7 heteroatoms. The van der Waals surface area contributed by atoms with Crippen LogP contribution >= 0.6 is 0 Å². The van der Waals surface area contributed by atoms with Gasteiger partial charge in [-0.2, -0.15) is 10.4 Å². The minimum atomic E-state index is -0.213. The molecule has 0 atom stereocenters. The number of amides is 1. The highest BCUT2D eigenvalue weighted by molar-refractivity contribution is 5.86. The van der Waals surface area contributed by atoms with Gasteiger partial charge in [0.2, 0.25) is 5.91 Å². The molecule has 0 aliphatic carbocycles. The number of carbonyl (C=O) groups is 1. The van der Waals surface area contributed by atoms with Crippen molar-refractivity contribution in [1.29, 1.82) is 5.26 Å². The molecule has 1 aromatic carbocycles. The van der Waals surface area contributed by atoms with Crippen molar-refractivity contribution in [2.24, 2.45) is 7.05 Å². The van der Waals surface area contributed by atoms with E-state index < -0.39 is 0 Å². The van der Waals surface area contributed by atoms with Gasteiger partial charge in [0.05, 0.1) is 18.1 Å². The zero-order valence-corrected chi connectivity index (χ0v) is 16.8. The Kier molecular flexibility index (Phi) is 5.33. The number of carbonyl (C=O) groups excluding carboxylic acids is 1. The largest absolute Gasteiger partial charge is 0.348 e. The lowest BCUT2D eigenvalue weighted by atomic mass is 10.1. The van der Waals surface area contributed by atoms with Crippen LogP contribution in [0.25, 0.3) is 16.8 Å². The minimum absolute atomic E-state index is 0.213. The summed E-state index contributed by atoms with van der Waals surface area (Å²) in [6.45, 7) is 3.86. The molecule has 3 aromatic heterocycles. The van der Waals surface area contributed by atoms with Crippen LogP contribution in [0.15, 0.2) is 67.6 Å². The van der Waals surface area contributed by atoms with Crippen molar-refractivity contribution in [2.75, 3.05) is 0 Å². The monoisotopic (exact) mass is 406 g/mol. The molecule has 0 radical (unpaired) electrons. The summed E-state index contributed by atoms with van der Waals surface area (Å²) in [6.07, 6.45) is 6.48. The van der Waals surface area contributed by atoms with Crippen molar-refractivity contribution < 1.29 is 4.79 Å². The zero-order chi connectivity index (χ0) is 21.8. The van der Waals surface area contributed by atoms with E-state index in [4.69, 9.17) is 0 Å². The first-order valence-corrected chi connectivity index (χ1v) is 9.49. The van der Waals surface area contributed by atoms with E-state index in [0.29, 0.717) is 23.6 Å². The van der Waals surface area contributed by atoms with E-state index in [1.54, 1.807) is 21.5 Å². The Morgan fingerprint density at radius 3 is 2.65 bits per heavy atom. The van der Waals surface area contributed by atoms with Crippen molar-refractivity contribution in [3.63, 3.8) is 0 Å². The summed E-state index contributed by atoms with van der Waals surface area (Å²) < 4.78 is 3.47. The lowest BCUT2D eigenvalue weighted by molar-refractivity contribution is -0.116. The Bertz CT molecular complexity index is 1390. The number of hydrogen-bond donors (Lipinski definition) is 1. The number of imidazole rings is 1. The number of fused-ring (bicyclic) bond motifs is 1. The van der Waals surface area contributed by atoms with Crippen LogP contribution in [-0.2, 0) is 18.4 Å². The fourth-order valence-electron chi connectivity index (χ4n) is 3.13. The third-order valence-electron chi connectivity index (χ3n) is 4.70. The molecule has 0 aliphatic rings. The molecule has 1 N–H and O–H groups in total. The maximum atomic E-state index is 11.3. The number of aromatic nitrogens is 4. The Hall–Kier alpha value is -4.62. The van der Waals surface area contributed by atoms with Crippen LogP contribution in [0.1, 0.15) is 22.5 Å². The van der Waals surface area contributed by atoms with Crippen LogP contribution in [0.2, 0.25) is 0 Å². The molecule has 0 unspecified atom stereocenters. The molecule has 0 saturated heterocycles. The van der Waals surface area contributed by atoms with Crippen LogP contribution in [0.4, 0.5) is 0 Å². The Balaban J connectivity index is 1.69. The molecule has 0 aliphatic heterocycles. The Labute approximate surface area is 179 Å². The highest BCUT2D eigenvalue weighted by atomic mass is 16.1. The van der Waals surface area contributed by atoms with E-state index in [1.807, 2.05) is 49.6 Å². The van der Waals surface area contributed by atoms with Crippen molar-refractivity contribution >= 4 is 11.6 Å². The molecular weight excluding hydrogens is 388 g/mol.